The van der Waals surface area contributed by atoms with Gasteiger partial charge in [0, 0.05) is 0 Å². The molecule has 7 rings (SSSR count). The molecule has 6 unspecified atom stereocenters. The summed E-state index contributed by atoms with van der Waals surface area (Å²) in [5, 5.41) is 11.6. The summed E-state index contributed by atoms with van der Waals surface area (Å²) >= 11 is 21.6. The van der Waals surface area contributed by atoms with Crippen LogP contribution in [-0.4, -0.2) is 89.0 Å². The highest BCUT2D eigenvalue weighted by atomic mass is 35.5. The number of alkyl halides is 1. The number of thiol groups is 1. The number of H-pyrrole nitrogens is 1. The number of halogens is 3. The van der Waals surface area contributed by atoms with E-state index in [1.54, 1.807) is 0 Å². The summed E-state index contributed by atoms with van der Waals surface area (Å²) in [4.78, 5) is 37.9. The molecule has 0 amide bonds. The largest absolute Gasteiger partial charge is 0.387 e. The summed E-state index contributed by atoms with van der Waals surface area (Å²) in [6, 6.07) is 3.05. The number of aromatic amines is 1. The molecular weight excluding hydrogens is 738 g/mol. The van der Waals surface area contributed by atoms with E-state index in [1.165, 1.54) is 23.0 Å². The quantitative estimate of drug-likeness (QED) is 0.147. The first-order valence-corrected chi connectivity index (χ1v) is 19.2. The topological polar surface area (TPSA) is 220 Å². The van der Waals surface area contributed by atoms with Crippen molar-refractivity contribution in [1.29, 1.82) is 0 Å². The van der Waals surface area contributed by atoms with Crippen LogP contribution in [-0.2, 0) is 43.9 Å². The molecule has 3 aliphatic heterocycles. The zero-order valence-corrected chi connectivity index (χ0v) is 27.7. The first kappa shape index (κ1) is 32.8. The van der Waals surface area contributed by atoms with Crippen molar-refractivity contribution in [3.63, 3.8) is 0 Å². The lowest BCUT2D eigenvalue weighted by Gasteiger charge is -2.27. The highest BCUT2D eigenvalue weighted by Gasteiger charge is 2.53. The van der Waals surface area contributed by atoms with Crippen LogP contribution in [0, 0.1) is 0 Å². The third-order valence-electron chi connectivity index (χ3n) is 7.51. The zero-order valence-electron chi connectivity index (χ0n) is 22.7. The number of aromatic nitrogens is 6. The molecule has 3 aliphatic rings. The highest BCUT2D eigenvalue weighted by molar-refractivity contribution is 8.44. The number of benzene rings is 1. The van der Waals surface area contributed by atoms with E-state index in [-0.39, 0.29) is 27.2 Å². The summed E-state index contributed by atoms with van der Waals surface area (Å²) in [5.41, 5.74) is 5.61. The van der Waals surface area contributed by atoms with Gasteiger partial charge >= 0.3 is 13.5 Å². The minimum Gasteiger partial charge on any atom is -0.387 e. The van der Waals surface area contributed by atoms with E-state index < -0.39 is 81.4 Å². The van der Waals surface area contributed by atoms with Gasteiger partial charge in [-0.25, -0.2) is 18.9 Å². The van der Waals surface area contributed by atoms with Gasteiger partial charge in [-0.1, -0.05) is 35.5 Å². The zero-order chi connectivity index (χ0) is 32.7. The average Bonchev–Trinajstić information content (AvgIpc) is 3.72. The van der Waals surface area contributed by atoms with Crippen molar-refractivity contribution >= 4 is 88.9 Å². The van der Waals surface area contributed by atoms with Gasteiger partial charge < -0.3 is 34.3 Å². The number of hydrogen-bond donors (Lipinski definition) is 5. The van der Waals surface area contributed by atoms with E-state index in [0.29, 0.717) is 11.0 Å². The van der Waals surface area contributed by atoms with E-state index in [1.807, 2.05) is 0 Å². The average molecular weight is 760 g/mol. The lowest BCUT2D eigenvalue weighted by Crippen LogP contribution is -2.35. The maximum Gasteiger partial charge on any atom is 0.386 e. The number of imidazole rings is 2. The van der Waals surface area contributed by atoms with Crippen molar-refractivity contribution in [1.82, 2.24) is 29.1 Å². The Morgan fingerprint density at radius 2 is 1.76 bits per heavy atom. The molecule has 248 valence electrons. The molecule has 4 aromatic rings. The third-order valence-corrected chi connectivity index (χ3v) is 11.4. The Balaban J connectivity index is 1.21. The third kappa shape index (κ3) is 5.92. The molecule has 46 heavy (non-hydrogen) atoms. The number of nitrogens with one attached hydrogen (secondary N) is 1. The molecule has 0 saturated carbocycles. The van der Waals surface area contributed by atoms with Crippen molar-refractivity contribution in [3.8, 4) is 0 Å². The summed E-state index contributed by atoms with van der Waals surface area (Å²) in [6.07, 6.45) is -9.56. The number of anilines is 1. The Morgan fingerprint density at radius 1 is 1.07 bits per heavy atom. The molecule has 6 heterocycles. The standard InChI is InChI=1S/C22H22Cl2FN7O10P2S2/c23-7-1-9-10(2-8(7)24)31(5-27-9)21-17-15(33)11(39-21)3-37-43(35,45)41-16-12(4-38-44(36,46)42-17)40-20(13(16)25)32-6-28-14-18(32)29-22(26)30-19(14)34/h1-2,5-6,11-13,15-17,20-21,33H,3-4H2,(H,35,45)(H,36,46)(H3,26,29,30,34)/t11-,12-,13?,15?,16?,17?,20-,21-,43?,44?/m1/s1. The van der Waals surface area contributed by atoms with Gasteiger partial charge in [0.25, 0.3) is 5.56 Å². The Labute approximate surface area is 276 Å². The lowest BCUT2D eigenvalue weighted by atomic mass is 10.1. The van der Waals surface area contributed by atoms with Gasteiger partial charge in [-0.3, -0.25) is 27.9 Å². The Morgan fingerprint density at radius 3 is 2.54 bits per heavy atom. The highest BCUT2D eigenvalue weighted by Crippen LogP contribution is 2.58. The van der Waals surface area contributed by atoms with Crippen LogP contribution in [0.4, 0.5) is 10.3 Å². The van der Waals surface area contributed by atoms with Crippen LogP contribution in [0.5, 0.6) is 0 Å². The Kier molecular flexibility index (Phi) is 8.55. The normalized spacial score (nSPS) is 37.2. The number of nitrogen functional groups attached to an aromatic ring is 1. The van der Waals surface area contributed by atoms with Gasteiger partial charge in [0.15, 0.2) is 29.8 Å². The van der Waals surface area contributed by atoms with E-state index >= 15 is 4.39 Å². The van der Waals surface area contributed by atoms with Gasteiger partial charge in [-0.15, -0.1) is 0 Å². The summed E-state index contributed by atoms with van der Waals surface area (Å²) in [5.74, 6) is -0.255. The minimum absolute atomic E-state index is 0.103. The van der Waals surface area contributed by atoms with Crippen LogP contribution < -0.4 is 11.3 Å². The Bertz CT molecular complexity index is 2010. The monoisotopic (exact) mass is 759 g/mol. The second-order valence-corrected chi connectivity index (χ2v) is 16.9. The molecule has 3 saturated heterocycles. The predicted molar refractivity (Wildman–Crippen MR) is 166 cm³/mol. The minimum atomic E-state index is -4.41. The van der Waals surface area contributed by atoms with Crippen molar-refractivity contribution in [2.45, 2.75) is 49.1 Å². The maximum absolute atomic E-state index is 16.1. The first-order valence-electron chi connectivity index (χ1n) is 13.2. The second kappa shape index (κ2) is 12.0. The molecule has 1 aromatic carbocycles. The van der Waals surface area contributed by atoms with Crippen LogP contribution in [0.3, 0.4) is 0 Å². The van der Waals surface area contributed by atoms with Crippen LogP contribution >= 0.6 is 49.0 Å². The molecule has 5 N–H and O–H groups in total. The summed E-state index contributed by atoms with van der Waals surface area (Å²) < 4.78 is 66.1. The first-order chi connectivity index (χ1) is 21.7. The predicted octanol–water partition coefficient (Wildman–Crippen LogP) is 2.62. The molecule has 0 radical (unpaired) electrons. The van der Waals surface area contributed by atoms with Crippen LogP contribution in [0.2, 0.25) is 10.0 Å². The smallest absolute Gasteiger partial charge is 0.386 e. The molecule has 10 atom stereocenters. The molecule has 0 aliphatic carbocycles. The van der Waals surface area contributed by atoms with Crippen LogP contribution in [0.15, 0.2) is 29.6 Å². The van der Waals surface area contributed by atoms with E-state index in [9.17, 15) is 19.4 Å². The van der Waals surface area contributed by atoms with E-state index in [4.69, 9.17) is 68.3 Å². The lowest BCUT2D eigenvalue weighted by molar-refractivity contribution is -0.0585. The maximum atomic E-state index is 16.1. The number of rotatable bonds is 2. The van der Waals surface area contributed by atoms with Crippen LogP contribution in [0.25, 0.3) is 22.2 Å². The number of hydrogen-bond acceptors (Lipinski definition) is 14. The summed E-state index contributed by atoms with van der Waals surface area (Å²) in [7, 11) is 0. The van der Waals surface area contributed by atoms with Crippen LogP contribution in [0.1, 0.15) is 12.5 Å². The van der Waals surface area contributed by atoms with Gasteiger partial charge in [-0.05, 0) is 23.9 Å². The van der Waals surface area contributed by atoms with E-state index in [2.05, 4.69) is 32.2 Å². The van der Waals surface area contributed by atoms with Gasteiger partial charge in [0.05, 0.1) is 46.9 Å². The van der Waals surface area contributed by atoms with Crippen molar-refractivity contribution in [2.24, 2.45) is 0 Å². The molecule has 3 aromatic heterocycles. The SMILES string of the molecule is Nc1nc2c(ncn2[C@@H]2O[C@@H]3COP(O)(=S)OC4C(O)[C@@H](COP(=O)(S)OC3C2F)O[C@H]4n2cnc3cc(Cl)c(Cl)cc32)c(=O)[nH]1. The fourth-order valence-electron chi connectivity index (χ4n) is 5.43. The fourth-order valence-corrected chi connectivity index (χ4v) is 8.64. The number of nitrogens with zero attached hydrogens (tertiary/aromatic N) is 5. The van der Waals surface area contributed by atoms with Crippen molar-refractivity contribution in [2.75, 3.05) is 18.9 Å². The van der Waals surface area contributed by atoms with Gasteiger partial charge in [0.2, 0.25) is 5.95 Å². The van der Waals surface area contributed by atoms with Gasteiger partial charge in [-0.2, -0.15) is 4.98 Å². The number of nitrogens with two attached hydrogens (primary N) is 1. The van der Waals surface area contributed by atoms with Crippen molar-refractivity contribution in [3.05, 3.63) is 45.2 Å². The fraction of sp³-hybridized carbons (Fsp3) is 0.455. The molecule has 3 fully saturated rings. The number of ether oxygens (including phenoxy) is 2. The number of aliphatic hydroxyl groups excluding tert-OH is 1. The number of fused-ring (bicyclic) bond motifs is 5. The van der Waals surface area contributed by atoms with Gasteiger partial charge in [0.1, 0.15) is 30.5 Å². The molecular formula is C22H22Cl2FN7O10P2S2. The number of aliphatic hydroxyl groups is 1. The second-order valence-electron chi connectivity index (χ2n) is 10.4. The molecule has 0 spiro atoms. The molecule has 17 nitrogen and oxygen atoms in total. The molecule has 2 bridgehead atoms. The van der Waals surface area contributed by atoms with Crippen molar-refractivity contribution < 1.29 is 46.5 Å². The van der Waals surface area contributed by atoms with E-state index in [0.717, 1.165) is 10.9 Å². The Hall–Kier alpha value is -1.74. The summed E-state index contributed by atoms with van der Waals surface area (Å²) in [6.45, 7) is -9.89. The molecule has 24 heteroatoms.